The second kappa shape index (κ2) is 5.21. The molecule has 1 aliphatic rings. The lowest BCUT2D eigenvalue weighted by molar-refractivity contribution is 0.603. The number of rotatable bonds is 4. The zero-order valence-corrected chi connectivity index (χ0v) is 9.95. The van der Waals surface area contributed by atoms with Crippen molar-refractivity contribution < 1.29 is 0 Å². The Kier molecular flexibility index (Phi) is 3.67. The van der Waals surface area contributed by atoms with Gasteiger partial charge < -0.3 is 16.0 Å². The van der Waals surface area contributed by atoms with E-state index in [0.717, 1.165) is 26.2 Å². The summed E-state index contributed by atoms with van der Waals surface area (Å²) in [6.07, 6.45) is 1.22. The highest BCUT2D eigenvalue weighted by atomic mass is 15.2. The predicted octanol–water partition coefficient (Wildman–Crippen LogP) is 1.90. The van der Waals surface area contributed by atoms with E-state index in [0.29, 0.717) is 5.92 Å². The van der Waals surface area contributed by atoms with E-state index in [1.54, 1.807) is 0 Å². The quantitative estimate of drug-likeness (QED) is 0.812. The van der Waals surface area contributed by atoms with Crippen LogP contribution in [0.2, 0.25) is 0 Å². The minimum Gasteiger partial charge on any atom is -0.384 e. The second-order valence-electron chi connectivity index (χ2n) is 4.38. The molecule has 1 unspecified atom stereocenters. The van der Waals surface area contributed by atoms with Gasteiger partial charge in [0.25, 0.3) is 0 Å². The molecule has 3 heteroatoms. The Bertz CT molecular complexity index is 338. The van der Waals surface area contributed by atoms with E-state index in [2.05, 4.69) is 41.4 Å². The standard InChI is InChI=1S/C13H21N3/c1-2-15-12-5-3-4-6-13(12)16-8-7-11(9-14)10-16/h3-6,11,15H,2,7-10,14H2,1H3. The first-order valence-corrected chi connectivity index (χ1v) is 6.13. The van der Waals surface area contributed by atoms with Crippen molar-refractivity contribution in [3.8, 4) is 0 Å². The SMILES string of the molecule is CCNc1ccccc1N1CCC(CN)C1. The lowest BCUT2D eigenvalue weighted by atomic mass is 10.1. The third-order valence-electron chi connectivity index (χ3n) is 3.23. The van der Waals surface area contributed by atoms with E-state index < -0.39 is 0 Å². The van der Waals surface area contributed by atoms with E-state index >= 15 is 0 Å². The van der Waals surface area contributed by atoms with Gasteiger partial charge in [-0.2, -0.15) is 0 Å². The van der Waals surface area contributed by atoms with Crippen molar-refractivity contribution in [1.29, 1.82) is 0 Å². The molecule has 0 aliphatic carbocycles. The highest BCUT2D eigenvalue weighted by Crippen LogP contribution is 2.29. The highest BCUT2D eigenvalue weighted by Gasteiger charge is 2.22. The number of nitrogens with zero attached hydrogens (tertiary/aromatic N) is 1. The zero-order valence-electron chi connectivity index (χ0n) is 9.95. The molecule has 1 aromatic rings. The molecule has 1 heterocycles. The normalized spacial score (nSPS) is 20.1. The van der Waals surface area contributed by atoms with Crippen LogP contribution in [0.25, 0.3) is 0 Å². The Morgan fingerprint density at radius 1 is 1.44 bits per heavy atom. The van der Waals surface area contributed by atoms with Gasteiger partial charge in [0.05, 0.1) is 11.4 Å². The van der Waals surface area contributed by atoms with Gasteiger partial charge in [0, 0.05) is 19.6 Å². The van der Waals surface area contributed by atoms with E-state index in [9.17, 15) is 0 Å². The Labute approximate surface area is 97.6 Å². The van der Waals surface area contributed by atoms with Crippen LogP contribution in [0, 0.1) is 5.92 Å². The van der Waals surface area contributed by atoms with Crippen LogP contribution in [-0.2, 0) is 0 Å². The molecule has 3 nitrogen and oxygen atoms in total. The minimum atomic E-state index is 0.662. The Balaban J connectivity index is 2.14. The molecule has 0 aromatic heterocycles. The number of anilines is 2. The maximum atomic E-state index is 5.73. The van der Waals surface area contributed by atoms with Crippen LogP contribution in [0.5, 0.6) is 0 Å². The van der Waals surface area contributed by atoms with Crippen LogP contribution in [0.1, 0.15) is 13.3 Å². The Morgan fingerprint density at radius 3 is 2.94 bits per heavy atom. The number of nitrogens with one attached hydrogen (secondary N) is 1. The summed E-state index contributed by atoms with van der Waals surface area (Å²) in [5.74, 6) is 0.662. The molecule has 0 bridgehead atoms. The van der Waals surface area contributed by atoms with Crippen LogP contribution in [0.3, 0.4) is 0 Å². The first kappa shape index (κ1) is 11.3. The molecule has 1 fully saturated rings. The van der Waals surface area contributed by atoms with E-state index in [-0.39, 0.29) is 0 Å². The molecule has 0 radical (unpaired) electrons. The third-order valence-corrected chi connectivity index (χ3v) is 3.23. The van der Waals surface area contributed by atoms with Gasteiger partial charge >= 0.3 is 0 Å². The number of hydrogen-bond acceptors (Lipinski definition) is 3. The van der Waals surface area contributed by atoms with Crippen LogP contribution < -0.4 is 16.0 Å². The maximum absolute atomic E-state index is 5.73. The van der Waals surface area contributed by atoms with E-state index in [1.807, 2.05) is 0 Å². The molecule has 1 saturated heterocycles. The van der Waals surface area contributed by atoms with Crippen molar-refractivity contribution in [2.24, 2.45) is 11.7 Å². The summed E-state index contributed by atoms with van der Waals surface area (Å²) in [4.78, 5) is 2.44. The Morgan fingerprint density at radius 2 is 2.25 bits per heavy atom. The number of para-hydroxylation sites is 2. The smallest absolute Gasteiger partial charge is 0.0602 e. The average molecular weight is 219 g/mol. The Hall–Kier alpha value is -1.22. The highest BCUT2D eigenvalue weighted by molar-refractivity contribution is 5.70. The van der Waals surface area contributed by atoms with Crippen LogP contribution in [0.4, 0.5) is 11.4 Å². The second-order valence-corrected chi connectivity index (χ2v) is 4.38. The fourth-order valence-corrected chi connectivity index (χ4v) is 2.33. The van der Waals surface area contributed by atoms with Gasteiger partial charge in [-0.15, -0.1) is 0 Å². The largest absolute Gasteiger partial charge is 0.384 e. The molecular weight excluding hydrogens is 198 g/mol. The first-order valence-electron chi connectivity index (χ1n) is 6.13. The molecule has 3 N–H and O–H groups in total. The van der Waals surface area contributed by atoms with Crippen molar-refractivity contribution >= 4 is 11.4 Å². The lowest BCUT2D eigenvalue weighted by Crippen LogP contribution is -2.23. The number of hydrogen-bond donors (Lipinski definition) is 2. The molecule has 0 saturated carbocycles. The summed E-state index contributed by atoms with van der Waals surface area (Å²) in [5, 5.41) is 3.41. The van der Waals surface area contributed by atoms with Crippen LogP contribution in [0.15, 0.2) is 24.3 Å². The van der Waals surface area contributed by atoms with Gasteiger partial charge in [0.15, 0.2) is 0 Å². The van der Waals surface area contributed by atoms with Crippen molar-refractivity contribution in [2.75, 3.05) is 36.4 Å². The summed E-state index contributed by atoms with van der Waals surface area (Å²) < 4.78 is 0. The predicted molar refractivity (Wildman–Crippen MR) is 70.0 cm³/mol. The lowest BCUT2D eigenvalue weighted by Gasteiger charge is -2.22. The molecule has 0 amide bonds. The molecule has 1 aliphatic heterocycles. The molecular formula is C13H21N3. The first-order chi connectivity index (χ1) is 7.85. The molecule has 1 aromatic carbocycles. The van der Waals surface area contributed by atoms with Gasteiger partial charge in [0.1, 0.15) is 0 Å². The summed E-state index contributed by atoms with van der Waals surface area (Å²) >= 11 is 0. The van der Waals surface area contributed by atoms with Crippen LogP contribution in [-0.4, -0.2) is 26.2 Å². The molecule has 0 spiro atoms. The van der Waals surface area contributed by atoms with Gasteiger partial charge in [-0.3, -0.25) is 0 Å². The van der Waals surface area contributed by atoms with Gasteiger partial charge in [-0.25, -0.2) is 0 Å². The van der Waals surface area contributed by atoms with Gasteiger partial charge in [-0.1, -0.05) is 12.1 Å². The number of nitrogens with two attached hydrogens (primary N) is 1. The number of benzene rings is 1. The summed E-state index contributed by atoms with van der Waals surface area (Å²) in [7, 11) is 0. The van der Waals surface area contributed by atoms with E-state index in [4.69, 9.17) is 5.73 Å². The average Bonchev–Trinajstić information content (AvgIpc) is 2.79. The summed E-state index contributed by atoms with van der Waals surface area (Å²) in [5.41, 5.74) is 8.29. The van der Waals surface area contributed by atoms with Crippen molar-refractivity contribution in [3.63, 3.8) is 0 Å². The van der Waals surface area contributed by atoms with Crippen molar-refractivity contribution in [2.45, 2.75) is 13.3 Å². The van der Waals surface area contributed by atoms with Gasteiger partial charge in [0.2, 0.25) is 0 Å². The third kappa shape index (κ3) is 2.30. The molecule has 2 rings (SSSR count). The van der Waals surface area contributed by atoms with Gasteiger partial charge in [-0.05, 0) is 37.9 Å². The summed E-state index contributed by atoms with van der Waals surface area (Å²) in [6, 6.07) is 8.52. The maximum Gasteiger partial charge on any atom is 0.0602 e. The minimum absolute atomic E-state index is 0.662. The molecule has 88 valence electrons. The fraction of sp³-hybridized carbons (Fsp3) is 0.538. The van der Waals surface area contributed by atoms with E-state index in [1.165, 1.54) is 17.8 Å². The van der Waals surface area contributed by atoms with Crippen LogP contribution >= 0.6 is 0 Å². The zero-order chi connectivity index (χ0) is 11.4. The summed E-state index contributed by atoms with van der Waals surface area (Å²) in [6.45, 7) is 6.12. The molecule has 1 atom stereocenters. The fourth-order valence-electron chi connectivity index (χ4n) is 2.33. The molecule has 16 heavy (non-hydrogen) atoms. The monoisotopic (exact) mass is 219 g/mol. The topological polar surface area (TPSA) is 41.3 Å². The van der Waals surface area contributed by atoms with Crippen molar-refractivity contribution in [3.05, 3.63) is 24.3 Å². The van der Waals surface area contributed by atoms with Crippen molar-refractivity contribution in [1.82, 2.24) is 0 Å².